The first-order chi connectivity index (χ1) is 14.0. The van der Waals surface area contributed by atoms with E-state index in [2.05, 4.69) is 0 Å². The van der Waals surface area contributed by atoms with Gasteiger partial charge in [0.15, 0.2) is 34.7 Å². The molecule has 0 aliphatic heterocycles. The Labute approximate surface area is 171 Å². The number of aliphatic hydroxyl groups is 1. The van der Waals surface area contributed by atoms with Crippen LogP contribution in [0, 0.1) is 23.7 Å². The fraction of sp³-hybridized carbons (Fsp3) is 0.476. The number of amides is 1. The molecule has 9 heteroatoms. The highest BCUT2D eigenvalue weighted by Gasteiger charge is 2.69. The molecule has 30 heavy (non-hydrogen) atoms. The smallest absolute Gasteiger partial charge is 0.235 e. The van der Waals surface area contributed by atoms with Crippen molar-refractivity contribution in [2.24, 2.45) is 29.4 Å². The molecule has 0 spiro atoms. The second kappa shape index (κ2) is 6.55. The van der Waals surface area contributed by atoms with E-state index < -0.39 is 64.4 Å². The minimum absolute atomic E-state index is 0.00379. The van der Waals surface area contributed by atoms with Crippen LogP contribution in [0.25, 0.3) is 0 Å². The maximum Gasteiger partial charge on any atom is 0.235 e. The number of nitrogens with two attached hydrogens (primary N) is 1. The van der Waals surface area contributed by atoms with Crippen molar-refractivity contribution in [1.29, 1.82) is 0 Å². The van der Waals surface area contributed by atoms with Gasteiger partial charge in [-0.2, -0.15) is 0 Å². The van der Waals surface area contributed by atoms with Gasteiger partial charge in [-0.3, -0.25) is 28.9 Å². The molecule has 1 aromatic rings. The molecule has 0 heterocycles. The van der Waals surface area contributed by atoms with E-state index in [-0.39, 0.29) is 24.2 Å². The molecule has 0 saturated heterocycles. The number of nitrogens with zero attached hydrogens (tertiary/aromatic N) is 1. The summed E-state index contributed by atoms with van der Waals surface area (Å²) in [5, 5.41) is 21.5. The van der Waals surface area contributed by atoms with E-state index in [1.54, 1.807) is 26.2 Å². The summed E-state index contributed by atoms with van der Waals surface area (Å²) in [7, 11) is 3.10. The number of aromatic hydroxyl groups is 1. The number of primary amides is 1. The van der Waals surface area contributed by atoms with Crippen LogP contribution in [0.1, 0.15) is 22.3 Å². The van der Waals surface area contributed by atoms with Gasteiger partial charge in [0.25, 0.3) is 0 Å². The molecular formula is C21H22N2O7. The molecule has 0 unspecified atom stereocenters. The van der Waals surface area contributed by atoms with E-state index in [4.69, 9.17) is 5.73 Å². The van der Waals surface area contributed by atoms with E-state index in [1.807, 2.05) is 0 Å². The van der Waals surface area contributed by atoms with E-state index in [0.29, 0.717) is 5.56 Å². The normalized spacial score (nSPS) is 35.7. The molecule has 2 fully saturated rings. The molecular weight excluding hydrogens is 392 g/mol. The summed E-state index contributed by atoms with van der Waals surface area (Å²) in [4.78, 5) is 65.8. The van der Waals surface area contributed by atoms with Gasteiger partial charge in [-0.05, 0) is 44.5 Å². The first-order valence-corrected chi connectivity index (χ1v) is 9.67. The van der Waals surface area contributed by atoms with Crippen molar-refractivity contribution in [3.05, 3.63) is 29.3 Å². The molecule has 4 N–H and O–H groups in total. The van der Waals surface area contributed by atoms with Gasteiger partial charge in [-0.15, -0.1) is 0 Å². The number of rotatable bonds is 2. The molecule has 1 aromatic carbocycles. The molecule has 3 aliphatic carbocycles. The van der Waals surface area contributed by atoms with Crippen LogP contribution >= 0.6 is 0 Å². The number of fused-ring (bicyclic) bond motifs is 3. The SMILES string of the molecule is CN(C)[C@@H]1C(=O)[C@@H](C(N)=O)C(=O)[C@@]2(O)C(=O)[C@H]3C(=O)c4c(O)cccc4C[C@H]3C[C@@H]12. The van der Waals surface area contributed by atoms with Crippen molar-refractivity contribution < 1.29 is 34.2 Å². The van der Waals surface area contributed by atoms with E-state index in [1.165, 1.54) is 11.0 Å². The fourth-order valence-corrected chi connectivity index (χ4v) is 5.54. The van der Waals surface area contributed by atoms with Crippen molar-refractivity contribution >= 4 is 29.0 Å². The molecule has 158 valence electrons. The third-order valence-electron chi connectivity index (χ3n) is 6.80. The maximum atomic E-state index is 13.4. The summed E-state index contributed by atoms with van der Waals surface area (Å²) in [6.45, 7) is 0. The number of likely N-dealkylation sites (N-methyl/N-ethyl adjacent to an activating group) is 1. The highest BCUT2D eigenvalue weighted by molar-refractivity contribution is 6.32. The number of hydrogen-bond acceptors (Lipinski definition) is 8. The summed E-state index contributed by atoms with van der Waals surface area (Å²) < 4.78 is 0. The second-order valence-corrected chi connectivity index (χ2v) is 8.60. The lowest BCUT2D eigenvalue weighted by Gasteiger charge is -2.52. The summed E-state index contributed by atoms with van der Waals surface area (Å²) in [5.74, 6) is -10.2. The van der Waals surface area contributed by atoms with Crippen LogP contribution in [0.2, 0.25) is 0 Å². The lowest BCUT2D eigenvalue weighted by atomic mass is 9.52. The molecule has 6 atom stereocenters. The van der Waals surface area contributed by atoms with Crippen molar-refractivity contribution in [3.63, 3.8) is 0 Å². The third kappa shape index (κ3) is 2.45. The fourth-order valence-electron chi connectivity index (χ4n) is 5.54. The Bertz CT molecular complexity index is 1020. The summed E-state index contributed by atoms with van der Waals surface area (Å²) >= 11 is 0. The number of ketones is 4. The predicted molar refractivity (Wildman–Crippen MR) is 101 cm³/mol. The van der Waals surface area contributed by atoms with Crippen molar-refractivity contribution in [1.82, 2.24) is 4.90 Å². The molecule has 3 aliphatic rings. The van der Waals surface area contributed by atoms with Gasteiger partial charge in [-0.1, -0.05) is 12.1 Å². The number of phenolic OH excluding ortho intramolecular Hbond substituents is 1. The van der Waals surface area contributed by atoms with E-state index in [9.17, 15) is 34.2 Å². The summed E-state index contributed by atoms with van der Waals surface area (Å²) in [6.07, 6.45) is 0.333. The van der Waals surface area contributed by atoms with Gasteiger partial charge in [0.2, 0.25) is 5.91 Å². The van der Waals surface area contributed by atoms with Crippen LogP contribution in [-0.2, 0) is 25.6 Å². The first kappa shape index (κ1) is 20.4. The maximum absolute atomic E-state index is 13.4. The zero-order valence-corrected chi connectivity index (χ0v) is 16.5. The van der Waals surface area contributed by atoms with Crippen molar-refractivity contribution in [2.75, 3.05) is 14.1 Å². The zero-order chi connectivity index (χ0) is 22.1. The van der Waals surface area contributed by atoms with Crippen LogP contribution in [0.15, 0.2) is 18.2 Å². The van der Waals surface area contributed by atoms with Crippen LogP contribution in [0.3, 0.4) is 0 Å². The van der Waals surface area contributed by atoms with Gasteiger partial charge >= 0.3 is 0 Å². The molecule has 4 rings (SSSR count). The Kier molecular flexibility index (Phi) is 4.44. The standard InChI is InChI=1S/C21H22N2O7/c1-23(2)15-10-7-9-6-8-4-3-5-11(24)12(8)16(25)13(9)18(27)21(10,30)19(28)14(17(15)26)20(22)29/h3-5,9-10,13-15,24,30H,6-7H2,1-2H3,(H2,22,29)/t9-,10-,13+,14+,15-,21-/m0/s1. The Balaban J connectivity index is 1.87. The Hall–Kier alpha value is -2.91. The molecule has 1 amide bonds. The number of phenols is 1. The second-order valence-electron chi connectivity index (χ2n) is 8.60. The number of carbonyl (C=O) groups excluding carboxylic acids is 5. The number of benzene rings is 1. The largest absolute Gasteiger partial charge is 0.507 e. The lowest BCUT2D eigenvalue weighted by Crippen LogP contribution is -2.74. The summed E-state index contributed by atoms with van der Waals surface area (Å²) in [6, 6.07) is 3.52. The van der Waals surface area contributed by atoms with Gasteiger partial charge in [0, 0.05) is 5.92 Å². The third-order valence-corrected chi connectivity index (χ3v) is 6.80. The Morgan fingerprint density at radius 2 is 1.83 bits per heavy atom. The van der Waals surface area contributed by atoms with Crippen LogP contribution in [0.4, 0.5) is 0 Å². The molecule has 0 radical (unpaired) electrons. The van der Waals surface area contributed by atoms with Crippen molar-refractivity contribution in [2.45, 2.75) is 24.5 Å². The minimum atomic E-state index is -2.68. The van der Waals surface area contributed by atoms with Gasteiger partial charge in [0.05, 0.1) is 17.5 Å². The van der Waals surface area contributed by atoms with Crippen LogP contribution < -0.4 is 5.73 Å². The highest BCUT2D eigenvalue weighted by atomic mass is 16.3. The van der Waals surface area contributed by atoms with E-state index >= 15 is 0 Å². The molecule has 0 aromatic heterocycles. The zero-order valence-electron chi connectivity index (χ0n) is 16.5. The van der Waals surface area contributed by atoms with Gasteiger partial charge in [-0.25, -0.2) is 0 Å². The van der Waals surface area contributed by atoms with Gasteiger partial charge < -0.3 is 15.9 Å². The average molecular weight is 414 g/mol. The molecule has 2 saturated carbocycles. The Morgan fingerprint density at radius 3 is 2.43 bits per heavy atom. The quantitative estimate of drug-likeness (QED) is 0.513. The van der Waals surface area contributed by atoms with E-state index in [0.717, 1.165) is 0 Å². The van der Waals surface area contributed by atoms with Crippen LogP contribution in [-0.4, -0.2) is 69.9 Å². The number of hydrogen-bond donors (Lipinski definition) is 3. The molecule has 0 bridgehead atoms. The lowest BCUT2D eigenvalue weighted by molar-refractivity contribution is -0.181. The average Bonchev–Trinajstić information content (AvgIpc) is 2.64. The van der Waals surface area contributed by atoms with Crippen LogP contribution in [0.5, 0.6) is 5.75 Å². The topological polar surface area (TPSA) is 155 Å². The van der Waals surface area contributed by atoms with Gasteiger partial charge in [0.1, 0.15) is 5.75 Å². The van der Waals surface area contributed by atoms with Crippen molar-refractivity contribution in [3.8, 4) is 5.75 Å². The Morgan fingerprint density at radius 1 is 1.17 bits per heavy atom. The summed E-state index contributed by atoms with van der Waals surface area (Å²) in [5.41, 5.74) is 3.16. The number of Topliss-reactive ketones (excluding diaryl/α,β-unsaturated/α-hetero) is 4. The monoisotopic (exact) mass is 414 g/mol. The minimum Gasteiger partial charge on any atom is -0.507 e. The predicted octanol–water partition coefficient (Wildman–Crippen LogP) is -1.13. The molecule has 9 nitrogen and oxygen atoms in total. The number of carbonyl (C=O) groups is 5. The first-order valence-electron chi connectivity index (χ1n) is 9.67. The highest BCUT2D eigenvalue weighted by Crippen LogP contribution is 2.50.